The van der Waals surface area contributed by atoms with Crippen molar-refractivity contribution in [1.82, 2.24) is 15.5 Å². The monoisotopic (exact) mass is 306 g/mol. The summed E-state index contributed by atoms with van der Waals surface area (Å²) in [7, 11) is 0. The Balaban J connectivity index is 1.43. The summed E-state index contributed by atoms with van der Waals surface area (Å²) in [5, 5.41) is 13.5. The van der Waals surface area contributed by atoms with Gasteiger partial charge in [-0.2, -0.15) is 5.10 Å². The first kappa shape index (κ1) is 15.5. The van der Waals surface area contributed by atoms with Gasteiger partial charge in [0.1, 0.15) is 0 Å². The van der Waals surface area contributed by atoms with Gasteiger partial charge in [0.25, 0.3) is 0 Å². The normalized spacial score (nSPS) is 20.9. The Morgan fingerprint density at radius 3 is 2.82 bits per heavy atom. The van der Waals surface area contributed by atoms with E-state index in [1.165, 1.54) is 12.8 Å². The number of amides is 1. The number of hydrogen-bond acceptors (Lipinski definition) is 4. The van der Waals surface area contributed by atoms with E-state index in [-0.39, 0.29) is 5.91 Å². The number of hydrogen-bond donors (Lipinski definition) is 3. The van der Waals surface area contributed by atoms with E-state index in [1.54, 1.807) is 0 Å². The third-order valence-electron chi connectivity index (χ3n) is 4.76. The van der Waals surface area contributed by atoms with Gasteiger partial charge in [-0.05, 0) is 51.1 Å². The molecule has 1 amide bonds. The highest BCUT2D eigenvalue weighted by Crippen LogP contribution is 2.26. The summed E-state index contributed by atoms with van der Waals surface area (Å²) in [6, 6.07) is 1.97. The van der Waals surface area contributed by atoms with Crippen LogP contribution < -0.4 is 10.6 Å². The molecule has 0 unspecified atom stereocenters. The number of nitrogens with one attached hydrogen (secondary N) is 3. The van der Waals surface area contributed by atoms with Crippen molar-refractivity contribution in [2.75, 3.05) is 31.6 Å². The summed E-state index contributed by atoms with van der Waals surface area (Å²) in [6.07, 6.45) is 5.97. The van der Waals surface area contributed by atoms with Crippen molar-refractivity contribution < 1.29 is 9.53 Å². The predicted octanol–water partition coefficient (Wildman–Crippen LogP) is 2.02. The van der Waals surface area contributed by atoms with E-state index >= 15 is 0 Å². The molecule has 0 aliphatic carbocycles. The number of H-pyrrole nitrogens is 1. The van der Waals surface area contributed by atoms with E-state index in [0.29, 0.717) is 24.1 Å². The van der Waals surface area contributed by atoms with E-state index < -0.39 is 0 Å². The third-order valence-corrected chi connectivity index (χ3v) is 4.76. The average molecular weight is 306 g/mol. The smallest absolute Gasteiger partial charge is 0.225 e. The van der Waals surface area contributed by atoms with Crippen LogP contribution in [0.15, 0.2) is 6.07 Å². The first-order valence-corrected chi connectivity index (χ1v) is 8.45. The molecule has 2 aliphatic heterocycles. The lowest BCUT2D eigenvalue weighted by atomic mass is 9.93. The standard InChI is InChI=1S/C16H26N4O2/c21-16(2-1-12-3-7-17-8-4-12)18-15-11-14(19-20-15)13-5-9-22-10-6-13/h11-13,17H,1-10H2,(H2,18,19,20,21). The van der Waals surface area contributed by atoms with Gasteiger partial charge in [-0.3, -0.25) is 9.89 Å². The Bertz CT molecular complexity index is 476. The second-order valence-corrected chi connectivity index (χ2v) is 6.38. The second-order valence-electron chi connectivity index (χ2n) is 6.38. The molecule has 2 fully saturated rings. The molecule has 6 nitrogen and oxygen atoms in total. The van der Waals surface area contributed by atoms with E-state index in [1.807, 2.05) is 6.07 Å². The molecule has 1 aromatic rings. The van der Waals surface area contributed by atoms with Gasteiger partial charge < -0.3 is 15.4 Å². The molecule has 0 saturated carbocycles. The minimum Gasteiger partial charge on any atom is -0.381 e. The molecule has 0 bridgehead atoms. The highest BCUT2D eigenvalue weighted by Gasteiger charge is 2.19. The number of anilines is 1. The summed E-state index contributed by atoms with van der Waals surface area (Å²) in [4.78, 5) is 12.0. The highest BCUT2D eigenvalue weighted by atomic mass is 16.5. The third kappa shape index (κ3) is 4.30. The zero-order valence-electron chi connectivity index (χ0n) is 13.1. The molecule has 3 N–H and O–H groups in total. The van der Waals surface area contributed by atoms with Crippen molar-refractivity contribution >= 4 is 11.7 Å². The largest absolute Gasteiger partial charge is 0.381 e. The van der Waals surface area contributed by atoms with Crippen LogP contribution in [0.3, 0.4) is 0 Å². The molecule has 22 heavy (non-hydrogen) atoms. The fourth-order valence-corrected chi connectivity index (χ4v) is 3.33. The fraction of sp³-hybridized carbons (Fsp3) is 0.750. The maximum Gasteiger partial charge on any atom is 0.225 e. The van der Waals surface area contributed by atoms with Gasteiger partial charge in [0.15, 0.2) is 5.82 Å². The van der Waals surface area contributed by atoms with Crippen molar-refractivity contribution in [3.63, 3.8) is 0 Å². The van der Waals surface area contributed by atoms with Gasteiger partial charge in [0.2, 0.25) is 5.91 Å². The molecule has 0 atom stereocenters. The van der Waals surface area contributed by atoms with Crippen molar-refractivity contribution in [3.05, 3.63) is 11.8 Å². The topological polar surface area (TPSA) is 79.0 Å². The maximum atomic E-state index is 12.0. The summed E-state index contributed by atoms with van der Waals surface area (Å²) in [6.45, 7) is 3.78. The van der Waals surface area contributed by atoms with Crippen molar-refractivity contribution in [2.45, 2.75) is 44.4 Å². The summed E-state index contributed by atoms with van der Waals surface area (Å²) >= 11 is 0. The van der Waals surface area contributed by atoms with E-state index in [9.17, 15) is 4.79 Å². The number of carbonyl (C=O) groups excluding carboxylic acids is 1. The Morgan fingerprint density at radius 1 is 1.27 bits per heavy atom. The van der Waals surface area contributed by atoms with Crippen LogP contribution in [0.4, 0.5) is 5.82 Å². The molecular formula is C16H26N4O2. The number of nitrogens with zero attached hydrogens (tertiary/aromatic N) is 1. The average Bonchev–Trinajstić information content (AvgIpc) is 3.03. The highest BCUT2D eigenvalue weighted by molar-refractivity contribution is 5.89. The summed E-state index contributed by atoms with van der Waals surface area (Å²) < 4.78 is 5.37. The van der Waals surface area contributed by atoms with Crippen molar-refractivity contribution in [2.24, 2.45) is 5.92 Å². The molecule has 6 heteroatoms. The lowest BCUT2D eigenvalue weighted by Crippen LogP contribution is -2.28. The lowest BCUT2D eigenvalue weighted by molar-refractivity contribution is -0.116. The molecule has 2 aliphatic rings. The Morgan fingerprint density at radius 2 is 2.05 bits per heavy atom. The number of piperidine rings is 1. The first-order valence-electron chi connectivity index (χ1n) is 8.45. The second kappa shape index (κ2) is 7.74. The maximum absolute atomic E-state index is 12.0. The van der Waals surface area contributed by atoms with Gasteiger partial charge in [0.05, 0.1) is 0 Å². The summed E-state index contributed by atoms with van der Waals surface area (Å²) in [5.41, 5.74) is 1.11. The molecule has 122 valence electrons. The molecular weight excluding hydrogens is 280 g/mol. The molecule has 0 aromatic carbocycles. The fourth-order valence-electron chi connectivity index (χ4n) is 3.33. The number of carbonyl (C=O) groups is 1. The zero-order valence-corrected chi connectivity index (χ0v) is 13.1. The van der Waals surface area contributed by atoms with Crippen LogP contribution in [-0.4, -0.2) is 42.4 Å². The molecule has 3 rings (SSSR count). The van der Waals surface area contributed by atoms with Crippen LogP contribution in [0.1, 0.15) is 50.1 Å². The number of rotatable bonds is 5. The van der Waals surface area contributed by atoms with E-state index in [0.717, 1.165) is 51.3 Å². The quantitative estimate of drug-likeness (QED) is 0.777. The van der Waals surface area contributed by atoms with Gasteiger partial charge in [-0.15, -0.1) is 0 Å². The van der Waals surface area contributed by atoms with Crippen LogP contribution in [0, 0.1) is 5.92 Å². The zero-order chi connectivity index (χ0) is 15.2. The molecule has 2 saturated heterocycles. The summed E-state index contributed by atoms with van der Waals surface area (Å²) in [5.74, 6) is 1.88. The van der Waals surface area contributed by atoms with Gasteiger partial charge in [0, 0.05) is 37.3 Å². The molecule has 1 aromatic heterocycles. The van der Waals surface area contributed by atoms with Crippen LogP contribution in [-0.2, 0) is 9.53 Å². The molecule has 0 radical (unpaired) electrons. The predicted molar refractivity (Wildman–Crippen MR) is 84.8 cm³/mol. The van der Waals surface area contributed by atoms with Crippen LogP contribution in [0.25, 0.3) is 0 Å². The van der Waals surface area contributed by atoms with Gasteiger partial charge in [-0.1, -0.05) is 0 Å². The first-order chi connectivity index (χ1) is 10.8. The van der Waals surface area contributed by atoms with E-state index in [2.05, 4.69) is 20.8 Å². The Hall–Kier alpha value is -1.40. The van der Waals surface area contributed by atoms with Gasteiger partial charge in [-0.25, -0.2) is 0 Å². The number of aromatic nitrogens is 2. The number of aromatic amines is 1. The van der Waals surface area contributed by atoms with Crippen LogP contribution in [0.5, 0.6) is 0 Å². The SMILES string of the molecule is O=C(CCC1CCNCC1)Nc1cc(C2CCOCC2)[nH]n1. The lowest BCUT2D eigenvalue weighted by Gasteiger charge is -2.22. The van der Waals surface area contributed by atoms with Crippen LogP contribution in [0.2, 0.25) is 0 Å². The van der Waals surface area contributed by atoms with Crippen molar-refractivity contribution in [1.29, 1.82) is 0 Å². The molecule has 0 spiro atoms. The van der Waals surface area contributed by atoms with Crippen LogP contribution >= 0.6 is 0 Å². The van der Waals surface area contributed by atoms with Crippen molar-refractivity contribution in [3.8, 4) is 0 Å². The minimum absolute atomic E-state index is 0.0727. The molecule has 3 heterocycles. The van der Waals surface area contributed by atoms with Gasteiger partial charge >= 0.3 is 0 Å². The minimum atomic E-state index is 0.0727. The van der Waals surface area contributed by atoms with E-state index in [4.69, 9.17) is 4.74 Å². The number of ether oxygens (including phenoxy) is 1. The Labute approximate surface area is 131 Å². The Kier molecular flexibility index (Phi) is 5.45.